The maximum absolute atomic E-state index is 13.0. The van der Waals surface area contributed by atoms with Crippen LogP contribution >= 0.6 is 11.6 Å². The van der Waals surface area contributed by atoms with Crippen molar-refractivity contribution in [1.82, 2.24) is 24.6 Å². The summed E-state index contributed by atoms with van der Waals surface area (Å²) in [5.41, 5.74) is 2.49. The highest BCUT2D eigenvalue weighted by molar-refractivity contribution is 6.31. The van der Waals surface area contributed by atoms with Crippen LogP contribution in [0.15, 0.2) is 18.3 Å². The lowest BCUT2D eigenvalue weighted by atomic mass is 9.82. The van der Waals surface area contributed by atoms with Crippen molar-refractivity contribution in [2.75, 3.05) is 32.8 Å². The molecule has 0 aromatic carbocycles. The third-order valence-electron chi connectivity index (χ3n) is 6.42. The van der Waals surface area contributed by atoms with Crippen LogP contribution in [0.25, 0.3) is 0 Å². The molecule has 0 radical (unpaired) electrons. The van der Waals surface area contributed by atoms with Crippen LogP contribution in [0.1, 0.15) is 42.6 Å². The number of hydrogen-bond donors (Lipinski definition) is 2. The van der Waals surface area contributed by atoms with Crippen LogP contribution in [-0.4, -0.2) is 68.4 Å². The number of nitrogens with one attached hydrogen (secondary N) is 1. The van der Waals surface area contributed by atoms with E-state index in [1.807, 2.05) is 11.9 Å². The van der Waals surface area contributed by atoms with Crippen LogP contribution < -0.4 is 0 Å². The molecule has 8 heteroatoms. The fourth-order valence-corrected chi connectivity index (χ4v) is 5.01. The van der Waals surface area contributed by atoms with Crippen LogP contribution in [-0.2, 0) is 19.0 Å². The van der Waals surface area contributed by atoms with E-state index in [0.717, 1.165) is 31.0 Å². The van der Waals surface area contributed by atoms with Crippen molar-refractivity contribution < 1.29 is 9.90 Å². The van der Waals surface area contributed by atoms with Crippen molar-refractivity contribution in [2.45, 2.75) is 32.7 Å². The Morgan fingerprint density at radius 2 is 2.10 bits per heavy atom. The predicted molar refractivity (Wildman–Crippen MR) is 112 cm³/mol. The maximum atomic E-state index is 13.0. The van der Waals surface area contributed by atoms with E-state index in [4.69, 9.17) is 11.6 Å². The van der Waals surface area contributed by atoms with Gasteiger partial charge in [0.1, 0.15) is 5.69 Å². The lowest BCUT2D eigenvalue weighted by molar-refractivity contribution is 0.0709. The number of amides is 1. The third-order valence-corrected chi connectivity index (χ3v) is 6.62. The number of aliphatic hydroxyl groups is 1. The Labute approximate surface area is 176 Å². The van der Waals surface area contributed by atoms with Gasteiger partial charge in [0.05, 0.1) is 17.3 Å². The molecule has 2 saturated heterocycles. The lowest BCUT2D eigenvalue weighted by Crippen LogP contribution is -2.39. The first-order valence-corrected chi connectivity index (χ1v) is 10.5. The van der Waals surface area contributed by atoms with Crippen LogP contribution in [0, 0.1) is 11.3 Å². The molecule has 2 atom stereocenters. The number of H-pyrrole nitrogens is 1. The number of carbonyl (C=O) groups excluding carboxylic acids is 1. The zero-order chi connectivity index (χ0) is 21.0. The Morgan fingerprint density at radius 1 is 1.34 bits per heavy atom. The Balaban J connectivity index is 1.44. The molecule has 1 amide bonds. The molecule has 2 aliphatic rings. The molecular formula is C21H30ClN5O2. The summed E-state index contributed by atoms with van der Waals surface area (Å²) in [5.74, 6) is 0.244. The fraction of sp³-hybridized carbons (Fsp3) is 0.619. The summed E-state index contributed by atoms with van der Waals surface area (Å²) in [4.78, 5) is 17.2. The molecule has 4 heterocycles. The van der Waals surface area contributed by atoms with Crippen molar-refractivity contribution in [3.05, 3.63) is 40.4 Å². The Bertz CT molecular complexity index is 915. The summed E-state index contributed by atoms with van der Waals surface area (Å²) in [7, 11) is 1.83. The Morgan fingerprint density at radius 3 is 2.66 bits per heavy atom. The molecule has 2 N–H and O–H groups in total. The standard InChI is InChI=1S/C21H30ClN5O2/c1-20(2,3)18-6-16(23-24-18)10-26-7-14-8-27(12-21(14,11-26)13-28)19(29)17-5-15(22)9-25(17)4/h5-6,9,14,28H,7-8,10-13H2,1-4H3,(H,23,24). The summed E-state index contributed by atoms with van der Waals surface area (Å²) in [6, 6.07) is 3.84. The average molecular weight is 420 g/mol. The van der Waals surface area contributed by atoms with Crippen molar-refractivity contribution >= 4 is 17.5 Å². The Hall–Kier alpha value is -1.83. The van der Waals surface area contributed by atoms with Gasteiger partial charge in [0, 0.05) is 62.5 Å². The molecule has 0 bridgehead atoms. The minimum atomic E-state index is -0.266. The van der Waals surface area contributed by atoms with Gasteiger partial charge in [-0.2, -0.15) is 5.10 Å². The molecule has 0 spiro atoms. The van der Waals surface area contributed by atoms with E-state index in [1.165, 1.54) is 0 Å². The second-order valence-electron chi connectivity index (χ2n) is 9.76. The van der Waals surface area contributed by atoms with E-state index in [0.29, 0.717) is 23.8 Å². The SMILES string of the molecule is Cn1cc(Cl)cc1C(=O)N1CC2CN(Cc3cc(C(C)(C)C)n[nH]3)CC2(CO)C1. The number of aromatic nitrogens is 3. The number of aromatic amines is 1. The molecular weight excluding hydrogens is 390 g/mol. The second kappa shape index (κ2) is 7.15. The summed E-state index contributed by atoms with van der Waals surface area (Å²) in [6.45, 7) is 10.2. The first kappa shape index (κ1) is 20.4. The number of aliphatic hydroxyl groups excluding tert-OH is 1. The number of halogens is 1. The molecule has 2 aromatic rings. The highest BCUT2D eigenvalue weighted by atomic mass is 35.5. The van der Waals surface area contributed by atoms with Crippen molar-refractivity contribution in [3.8, 4) is 0 Å². The van der Waals surface area contributed by atoms with Crippen LogP contribution in [0.2, 0.25) is 5.02 Å². The lowest BCUT2D eigenvalue weighted by Gasteiger charge is -2.27. The summed E-state index contributed by atoms with van der Waals surface area (Å²) < 4.78 is 1.77. The largest absolute Gasteiger partial charge is 0.396 e. The smallest absolute Gasteiger partial charge is 0.270 e. The second-order valence-corrected chi connectivity index (χ2v) is 10.2. The minimum Gasteiger partial charge on any atom is -0.396 e. The molecule has 158 valence electrons. The van der Waals surface area contributed by atoms with Crippen LogP contribution in [0.4, 0.5) is 0 Å². The van der Waals surface area contributed by atoms with Crippen LogP contribution in [0.5, 0.6) is 0 Å². The van der Waals surface area contributed by atoms with Gasteiger partial charge in [0.2, 0.25) is 0 Å². The van der Waals surface area contributed by atoms with Crippen molar-refractivity contribution in [1.29, 1.82) is 0 Å². The van der Waals surface area contributed by atoms with E-state index in [-0.39, 0.29) is 29.3 Å². The van der Waals surface area contributed by atoms with E-state index in [1.54, 1.807) is 16.8 Å². The van der Waals surface area contributed by atoms with E-state index >= 15 is 0 Å². The molecule has 2 aromatic heterocycles. The van der Waals surface area contributed by atoms with Gasteiger partial charge in [-0.25, -0.2) is 0 Å². The number of carbonyl (C=O) groups is 1. The van der Waals surface area contributed by atoms with Crippen molar-refractivity contribution in [3.63, 3.8) is 0 Å². The topological polar surface area (TPSA) is 77.4 Å². The molecule has 2 fully saturated rings. The van der Waals surface area contributed by atoms with Crippen molar-refractivity contribution in [2.24, 2.45) is 18.4 Å². The number of fused-ring (bicyclic) bond motifs is 1. The number of likely N-dealkylation sites (tertiary alicyclic amines) is 2. The van der Waals surface area contributed by atoms with Gasteiger partial charge in [0.15, 0.2) is 0 Å². The normalized spacial score (nSPS) is 25.0. The van der Waals surface area contributed by atoms with Gasteiger partial charge >= 0.3 is 0 Å². The van der Waals surface area contributed by atoms with Gasteiger partial charge in [-0.15, -0.1) is 0 Å². The summed E-state index contributed by atoms with van der Waals surface area (Å²) in [6.07, 6.45) is 1.74. The number of aryl methyl sites for hydroxylation is 1. The summed E-state index contributed by atoms with van der Waals surface area (Å²) in [5, 5.41) is 18.4. The number of hydrogen-bond acceptors (Lipinski definition) is 4. The number of rotatable bonds is 4. The first-order valence-electron chi connectivity index (χ1n) is 10.1. The Kier molecular flexibility index (Phi) is 5.04. The zero-order valence-corrected chi connectivity index (χ0v) is 18.3. The highest BCUT2D eigenvalue weighted by Gasteiger charge is 2.53. The number of nitrogens with zero attached hydrogens (tertiary/aromatic N) is 4. The molecule has 4 rings (SSSR count). The van der Waals surface area contributed by atoms with E-state index in [9.17, 15) is 9.90 Å². The molecule has 0 aliphatic carbocycles. The summed E-state index contributed by atoms with van der Waals surface area (Å²) >= 11 is 6.05. The zero-order valence-electron chi connectivity index (χ0n) is 17.6. The highest BCUT2D eigenvalue weighted by Crippen LogP contribution is 2.43. The molecule has 2 aliphatic heterocycles. The molecule has 7 nitrogen and oxygen atoms in total. The fourth-order valence-electron chi connectivity index (χ4n) is 4.76. The predicted octanol–water partition coefficient (Wildman–Crippen LogP) is 2.27. The minimum absolute atomic E-state index is 0.0171. The quantitative estimate of drug-likeness (QED) is 0.796. The van der Waals surface area contributed by atoms with Gasteiger partial charge in [-0.05, 0) is 18.1 Å². The average Bonchev–Trinajstić information content (AvgIpc) is 3.36. The van der Waals surface area contributed by atoms with Gasteiger partial charge in [-0.1, -0.05) is 32.4 Å². The van der Waals surface area contributed by atoms with E-state index < -0.39 is 0 Å². The van der Waals surface area contributed by atoms with Gasteiger partial charge in [-0.3, -0.25) is 14.8 Å². The van der Waals surface area contributed by atoms with E-state index in [2.05, 4.69) is 41.9 Å². The van der Waals surface area contributed by atoms with Gasteiger partial charge in [0.25, 0.3) is 5.91 Å². The molecule has 0 saturated carbocycles. The first-order chi connectivity index (χ1) is 13.6. The molecule has 29 heavy (non-hydrogen) atoms. The van der Waals surface area contributed by atoms with Crippen LogP contribution in [0.3, 0.4) is 0 Å². The third kappa shape index (κ3) is 3.71. The maximum Gasteiger partial charge on any atom is 0.270 e. The monoisotopic (exact) mass is 419 g/mol. The van der Waals surface area contributed by atoms with Gasteiger partial charge < -0.3 is 14.6 Å². The molecule has 2 unspecified atom stereocenters.